The average Bonchev–Trinajstić information content (AvgIpc) is 3.24. The van der Waals surface area contributed by atoms with E-state index in [0.29, 0.717) is 5.92 Å². The van der Waals surface area contributed by atoms with Crippen LogP contribution in [-0.4, -0.2) is 0 Å². The van der Waals surface area contributed by atoms with Gasteiger partial charge in [0.2, 0.25) is 0 Å². The fourth-order valence-corrected chi connectivity index (χ4v) is 2.66. The molecule has 0 spiro atoms. The zero-order chi connectivity index (χ0) is 15.1. The molecule has 0 N–H and O–H groups in total. The molecule has 0 nitrogen and oxygen atoms in total. The minimum atomic E-state index is 0.640. The molecule has 0 aliphatic heterocycles. The highest BCUT2D eigenvalue weighted by atomic mass is 14.3. The van der Waals surface area contributed by atoms with Crippen molar-refractivity contribution in [1.29, 1.82) is 0 Å². The minimum Gasteiger partial charge on any atom is -0.125 e. The fourth-order valence-electron chi connectivity index (χ4n) is 2.66. The number of hydrogen-bond acceptors (Lipinski definition) is 0. The van der Waals surface area contributed by atoms with Gasteiger partial charge in [-0.3, -0.25) is 0 Å². The highest BCUT2D eigenvalue weighted by Gasteiger charge is 2.30. The molecule has 0 saturated heterocycles. The maximum atomic E-state index is 3.37. The van der Waals surface area contributed by atoms with Crippen LogP contribution in [0.15, 0.2) is 41.2 Å². The van der Waals surface area contributed by atoms with Crippen LogP contribution in [0.5, 0.6) is 0 Å². The Hall–Kier alpha value is -1.00. The van der Waals surface area contributed by atoms with E-state index in [-0.39, 0.29) is 0 Å². The second-order valence-corrected chi connectivity index (χ2v) is 6.30. The zero-order valence-electron chi connectivity index (χ0n) is 14.2. The molecule has 0 radical (unpaired) electrons. The maximum Gasteiger partial charge on any atom is 0.00233 e. The Balaban J connectivity index is 2.41. The maximum absolute atomic E-state index is 3.37. The normalized spacial score (nSPS) is 22.4. The minimum absolute atomic E-state index is 0.640. The van der Waals surface area contributed by atoms with Crippen LogP contribution in [0.25, 0.3) is 0 Å². The SMILES string of the molecule is CC=C(C=C=CCC1C=C1C(C)C(C)CC)C(C)CC. The van der Waals surface area contributed by atoms with Crippen LogP contribution >= 0.6 is 0 Å². The molecule has 0 aromatic rings. The molecule has 0 heterocycles. The molecule has 0 bridgehead atoms. The van der Waals surface area contributed by atoms with Crippen molar-refractivity contribution >= 4 is 0 Å². The van der Waals surface area contributed by atoms with Gasteiger partial charge in [0.25, 0.3) is 0 Å². The van der Waals surface area contributed by atoms with E-state index in [1.54, 1.807) is 5.57 Å². The molecule has 4 atom stereocenters. The third-order valence-corrected chi connectivity index (χ3v) is 4.99. The van der Waals surface area contributed by atoms with Crippen LogP contribution in [0.4, 0.5) is 0 Å². The van der Waals surface area contributed by atoms with E-state index in [1.165, 1.54) is 18.4 Å². The Kier molecular flexibility index (Phi) is 7.10. The van der Waals surface area contributed by atoms with Gasteiger partial charge in [-0.05, 0) is 55.2 Å². The summed E-state index contributed by atoms with van der Waals surface area (Å²) in [5.41, 5.74) is 6.45. The average molecular weight is 272 g/mol. The molecule has 112 valence electrons. The Morgan fingerprint density at radius 1 is 1.25 bits per heavy atom. The van der Waals surface area contributed by atoms with Gasteiger partial charge < -0.3 is 0 Å². The summed E-state index contributed by atoms with van der Waals surface area (Å²) in [6.07, 6.45) is 12.6. The molecule has 0 heteroatoms. The highest BCUT2D eigenvalue weighted by Crippen LogP contribution is 2.41. The van der Waals surface area contributed by atoms with Crippen LogP contribution in [0.3, 0.4) is 0 Å². The highest BCUT2D eigenvalue weighted by molar-refractivity contribution is 5.32. The first-order valence-electron chi connectivity index (χ1n) is 8.33. The summed E-state index contributed by atoms with van der Waals surface area (Å²) in [4.78, 5) is 0. The first kappa shape index (κ1) is 17.1. The topological polar surface area (TPSA) is 0 Å². The molecule has 0 aromatic heterocycles. The van der Waals surface area contributed by atoms with E-state index in [1.807, 2.05) is 0 Å². The van der Waals surface area contributed by atoms with Crippen LogP contribution in [-0.2, 0) is 0 Å². The summed E-state index contributed by atoms with van der Waals surface area (Å²) in [7, 11) is 0. The first-order chi connectivity index (χ1) is 9.54. The van der Waals surface area contributed by atoms with E-state index in [9.17, 15) is 0 Å². The van der Waals surface area contributed by atoms with E-state index in [4.69, 9.17) is 0 Å². The summed E-state index contributed by atoms with van der Waals surface area (Å²) in [5, 5.41) is 0. The molecule has 0 amide bonds. The van der Waals surface area contributed by atoms with E-state index in [2.05, 4.69) is 71.6 Å². The van der Waals surface area contributed by atoms with Crippen molar-refractivity contribution in [3.63, 3.8) is 0 Å². The van der Waals surface area contributed by atoms with Crippen molar-refractivity contribution in [3.05, 3.63) is 41.2 Å². The van der Waals surface area contributed by atoms with Gasteiger partial charge in [0.15, 0.2) is 0 Å². The predicted molar refractivity (Wildman–Crippen MR) is 90.7 cm³/mol. The molecule has 1 rings (SSSR count). The third kappa shape index (κ3) is 4.84. The molecule has 0 fully saturated rings. The Morgan fingerprint density at radius 3 is 2.50 bits per heavy atom. The van der Waals surface area contributed by atoms with Gasteiger partial charge in [-0.15, -0.1) is 5.73 Å². The molecular weight excluding hydrogens is 240 g/mol. The zero-order valence-corrected chi connectivity index (χ0v) is 14.2. The monoisotopic (exact) mass is 272 g/mol. The van der Waals surface area contributed by atoms with Crippen molar-refractivity contribution < 1.29 is 0 Å². The number of hydrogen-bond donors (Lipinski definition) is 0. The van der Waals surface area contributed by atoms with Gasteiger partial charge in [0.1, 0.15) is 0 Å². The van der Waals surface area contributed by atoms with Crippen LogP contribution < -0.4 is 0 Å². The Bertz CT molecular complexity index is 415. The first-order valence-corrected chi connectivity index (χ1v) is 8.33. The van der Waals surface area contributed by atoms with Crippen LogP contribution in [0.1, 0.15) is 60.8 Å². The summed E-state index contributed by atoms with van der Waals surface area (Å²) < 4.78 is 0. The van der Waals surface area contributed by atoms with E-state index in [0.717, 1.165) is 24.2 Å². The van der Waals surface area contributed by atoms with Crippen molar-refractivity contribution in [1.82, 2.24) is 0 Å². The van der Waals surface area contributed by atoms with Gasteiger partial charge in [0.05, 0.1) is 0 Å². The number of rotatable bonds is 8. The smallest absolute Gasteiger partial charge is 0.00233 e. The second kappa shape index (κ2) is 8.32. The van der Waals surface area contributed by atoms with Crippen LogP contribution in [0, 0.1) is 23.7 Å². The summed E-state index contributed by atoms with van der Waals surface area (Å²) in [6.45, 7) is 13.7. The standard InChI is InChI=1S/C20H32/c1-7-15(4)17(6)20-14-19(20)13-11-10-12-18(9-3)16(5)8-2/h9,11-12,14-17,19H,7-8,13H2,1-6H3. The summed E-state index contributed by atoms with van der Waals surface area (Å²) in [5.74, 6) is 2.93. The van der Waals surface area contributed by atoms with Crippen LogP contribution in [0.2, 0.25) is 0 Å². The molecular formula is C20H32. The fraction of sp³-hybridized carbons (Fsp3) is 0.650. The molecule has 0 aromatic carbocycles. The third-order valence-electron chi connectivity index (χ3n) is 4.99. The Labute approximate surface area is 126 Å². The second-order valence-electron chi connectivity index (χ2n) is 6.30. The summed E-state index contributed by atoms with van der Waals surface area (Å²) >= 11 is 0. The van der Waals surface area contributed by atoms with Crippen molar-refractivity contribution in [3.8, 4) is 0 Å². The van der Waals surface area contributed by atoms with Gasteiger partial charge >= 0.3 is 0 Å². The lowest BCUT2D eigenvalue weighted by Gasteiger charge is -2.16. The molecule has 0 saturated carbocycles. The molecule has 20 heavy (non-hydrogen) atoms. The summed E-state index contributed by atoms with van der Waals surface area (Å²) in [6, 6.07) is 0. The number of allylic oxidation sites excluding steroid dienone is 5. The van der Waals surface area contributed by atoms with Gasteiger partial charge in [-0.2, -0.15) is 0 Å². The lowest BCUT2D eigenvalue weighted by atomic mass is 9.89. The van der Waals surface area contributed by atoms with E-state index >= 15 is 0 Å². The Morgan fingerprint density at radius 2 is 1.95 bits per heavy atom. The quantitative estimate of drug-likeness (QED) is 0.275. The van der Waals surface area contributed by atoms with Gasteiger partial charge in [-0.1, -0.05) is 58.8 Å². The van der Waals surface area contributed by atoms with Crippen molar-refractivity contribution in [2.75, 3.05) is 0 Å². The molecule has 1 aliphatic carbocycles. The largest absolute Gasteiger partial charge is 0.125 e. The molecule has 1 aliphatic rings. The van der Waals surface area contributed by atoms with E-state index < -0.39 is 0 Å². The predicted octanol–water partition coefficient (Wildman–Crippen LogP) is 6.32. The van der Waals surface area contributed by atoms with Crippen molar-refractivity contribution in [2.45, 2.75) is 60.8 Å². The van der Waals surface area contributed by atoms with Crippen molar-refractivity contribution in [2.24, 2.45) is 23.7 Å². The lowest BCUT2D eigenvalue weighted by Crippen LogP contribution is -2.06. The van der Waals surface area contributed by atoms with Gasteiger partial charge in [0, 0.05) is 5.92 Å². The lowest BCUT2D eigenvalue weighted by molar-refractivity contribution is 0.425. The van der Waals surface area contributed by atoms with Gasteiger partial charge in [-0.25, -0.2) is 0 Å². The molecule has 4 unspecified atom stereocenters.